The van der Waals surface area contributed by atoms with Gasteiger partial charge in [0.2, 0.25) is 0 Å². The predicted octanol–water partition coefficient (Wildman–Crippen LogP) is 2.76. The molecule has 0 amide bonds. The molecule has 130 valence electrons. The Balaban J connectivity index is 1.69. The van der Waals surface area contributed by atoms with E-state index in [4.69, 9.17) is 9.47 Å². The van der Waals surface area contributed by atoms with Crippen molar-refractivity contribution in [3.05, 3.63) is 28.3 Å². The largest absolute Gasteiger partial charge is 0.470 e. The minimum absolute atomic E-state index is 0.0457. The van der Waals surface area contributed by atoms with Gasteiger partial charge in [-0.1, -0.05) is 19.3 Å². The van der Waals surface area contributed by atoms with Crippen LogP contribution in [0.1, 0.15) is 32.1 Å². The summed E-state index contributed by atoms with van der Waals surface area (Å²) >= 11 is 0. The van der Waals surface area contributed by atoms with Crippen molar-refractivity contribution in [3.8, 4) is 5.75 Å². The molecular formula is C17H23N3O4. The van der Waals surface area contributed by atoms with E-state index < -0.39 is 0 Å². The fourth-order valence-electron chi connectivity index (χ4n) is 4.19. The number of nitrogens with zero attached hydrogens (tertiary/aromatic N) is 2. The maximum absolute atomic E-state index is 11.1. The number of nitro groups is 1. The van der Waals surface area contributed by atoms with Gasteiger partial charge in [0.25, 0.3) is 5.69 Å². The summed E-state index contributed by atoms with van der Waals surface area (Å²) in [6, 6.07) is 4.82. The second-order valence-electron chi connectivity index (χ2n) is 6.90. The van der Waals surface area contributed by atoms with Crippen molar-refractivity contribution in [2.45, 2.75) is 43.9 Å². The SMILES string of the molecule is O=[N+]([O-])c1ccc2c(c1)NC1(CCCCC1)[C@@H](N1CCOCC1)O2. The second-order valence-corrected chi connectivity index (χ2v) is 6.90. The summed E-state index contributed by atoms with van der Waals surface area (Å²) in [5.74, 6) is 0.702. The lowest BCUT2D eigenvalue weighted by Crippen LogP contribution is -2.64. The lowest BCUT2D eigenvalue weighted by molar-refractivity contribution is -0.384. The van der Waals surface area contributed by atoms with Gasteiger partial charge >= 0.3 is 0 Å². The Labute approximate surface area is 141 Å². The number of hydrogen-bond acceptors (Lipinski definition) is 6. The molecule has 0 unspecified atom stereocenters. The highest BCUT2D eigenvalue weighted by atomic mass is 16.6. The van der Waals surface area contributed by atoms with Gasteiger partial charge in [-0.3, -0.25) is 15.0 Å². The minimum Gasteiger partial charge on any atom is -0.470 e. The maximum Gasteiger partial charge on any atom is 0.271 e. The maximum atomic E-state index is 11.1. The lowest BCUT2D eigenvalue weighted by Gasteiger charge is -2.52. The molecule has 1 aromatic rings. The molecule has 1 atom stereocenters. The molecule has 1 aromatic carbocycles. The molecule has 1 N–H and O–H groups in total. The van der Waals surface area contributed by atoms with Crippen LogP contribution in [0.25, 0.3) is 0 Å². The van der Waals surface area contributed by atoms with Gasteiger partial charge in [0.15, 0.2) is 6.23 Å². The van der Waals surface area contributed by atoms with Gasteiger partial charge < -0.3 is 14.8 Å². The summed E-state index contributed by atoms with van der Waals surface area (Å²) in [6.45, 7) is 3.17. The molecule has 1 saturated heterocycles. The van der Waals surface area contributed by atoms with Gasteiger partial charge in [-0.25, -0.2) is 0 Å². The van der Waals surface area contributed by atoms with Crippen molar-refractivity contribution in [2.24, 2.45) is 0 Å². The van der Waals surface area contributed by atoms with E-state index in [0.29, 0.717) is 5.75 Å². The smallest absolute Gasteiger partial charge is 0.271 e. The minimum atomic E-state index is -0.358. The second kappa shape index (κ2) is 6.22. The molecule has 1 saturated carbocycles. The van der Waals surface area contributed by atoms with E-state index in [-0.39, 0.29) is 22.4 Å². The van der Waals surface area contributed by atoms with Crippen LogP contribution in [-0.4, -0.2) is 47.9 Å². The third-order valence-electron chi connectivity index (χ3n) is 5.39. The van der Waals surface area contributed by atoms with E-state index in [1.54, 1.807) is 12.1 Å². The van der Waals surface area contributed by atoms with Crippen LogP contribution in [0.4, 0.5) is 11.4 Å². The number of benzene rings is 1. The monoisotopic (exact) mass is 333 g/mol. The van der Waals surface area contributed by atoms with Gasteiger partial charge in [0.1, 0.15) is 5.75 Å². The highest BCUT2D eigenvalue weighted by Gasteiger charge is 2.48. The van der Waals surface area contributed by atoms with Crippen molar-refractivity contribution in [1.82, 2.24) is 4.90 Å². The van der Waals surface area contributed by atoms with Crippen LogP contribution < -0.4 is 10.1 Å². The zero-order valence-corrected chi connectivity index (χ0v) is 13.7. The Kier molecular flexibility index (Phi) is 4.05. The summed E-state index contributed by atoms with van der Waals surface area (Å²) in [7, 11) is 0. The van der Waals surface area contributed by atoms with Gasteiger partial charge in [-0.05, 0) is 18.9 Å². The van der Waals surface area contributed by atoms with E-state index in [1.807, 2.05) is 0 Å². The number of nitrogens with one attached hydrogen (secondary N) is 1. The standard InChI is InChI=1S/C17H23N3O4/c21-20(22)13-4-5-15-14(12-13)18-17(6-2-1-3-7-17)16(24-15)19-8-10-23-11-9-19/h4-5,12,16,18H,1-3,6-11H2/t16-/m0/s1. The number of morpholine rings is 1. The van der Waals surface area contributed by atoms with Gasteiger partial charge in [0, 0.05) is 25.2 Å². The lowest BCUT2D eigenvalue weighted by atomic mass is 9.78. The molecule has 24 heavy (non-hydrogen) atoms. The summed E-state index contributed by atoms with van der Waals surface area (Å²) in [6.07, 6.45) is 5.55. The number of hydrogen-bond donors (Lipinski definition) is 1. The highest BCUT2D eigenvalue weighted by Crippen LogP contribution is 2.45. The van der Waals surface area contributed by atoms with Crippen molar-refractivity contribution in [2.75, 3.05) is 31.6 Å². The molecule has 2 fully saturated rings. The molecule has 1 spiro atoms. The fourth-order valence-corrected chi connectivity index (χ4v) is 4.19. The van der Waals surface area contributed by atoms with Crippen LogP contribution in [0.5, 0.6) is 5.75 Å². The summed E-state index contributed by atoms with van der Waals surface area (Å²) in [4.78, 5) is 13.1. The molecule has 1 aliphatic carbocycles. The first-order chi connectivity index (χ1) is 11.7. The first-order valence-electron chi connectivity index (χ1n) is 8.73. The zero-order chi connectivity index (χ0) is 16.6. The molecule has 4 rings (SSSR count). The molecule has 7 heteroatoms. The van der Waals surface area contributed by atoms with Crippen LogP contribution in [-0.2, 0) is 4.74 Å². The van der Waals surface area contributed by atoms with Crippen molar-refractivity contribution in [3.63, 3.8) is 0 Å². The Hall–Kier alpha value is -1.86. The van der Waals surface area contributed by atoms with Gasteiger partial charge in [-0.15, -0.1) is 0 Å². The number of fused-ring (bicyclic) bond motifs is 1. The van der Waals surface area contributed by atoms with Crippen molar-refractivity contribution >= 4 is 11.4 Å². The molecule has 7 nitrogen and oxygen atoms in total. The number of anilines is 1. The summed E-state index contributed by atoms with van der Waals surface area (Å²) in [5.41, 5.74) is 0.675. The fraction of sp³-hybridized carbons (Fsp3) is 0.647. The van der Waals surface area contributed by atoms with Gasteiger partial charge in [-0.2, -0.15) is 0 Å². The van der Waals surface area contributed by atoms with Crippen LogP contribution >= 0.6 is 0 Å². The predicted molar refractivity (Wildman–Crippen MR) is 89.3 cm³/mol. The first kappa shape index (κ1) is 15.7. The van der Waals surface area contributed by atoms with Crippen molar-refractivity contribution in [1.29, 1.82) is 0 Å². The van der Waals surface area contributed by atoms with Crippen LogP contribution in [0.3, 0.4) is 0 Å². The number of nitro benzene ring substituents is 1. The number of rotatable bonds is 2. The summed E-state index contributed by atoms with van der Waals surface area (Å²) in [5, 5.41) is 14.7. The van der Waals surface area contributed by atoms with E-state index in [2.05, 4.69) is 10.2 Å². The van der Waals surface area contributed by atoms with Crippen molar-refractivity contribution < 1.29 is 14.4 Å². The number of ether oxygens (including phenoxy) is 2. The number of non-ortho nitro benzene ring substituents is 1. The molecule has 2 heterocycles. The average molecular weight is 333 g/mol. The normalized spacial score (nSPS) is 26.2. The Morgan fingerprint density at radius 3 is 2.67 bits per heavy atom. The molecule has 3 aliphatic rings. The topological polar surface area (TPSA) is 76.9 Å². The van der Waals surface area contributed by atoms with E-state index in [9.17, 15) is 10.1 Å². The third-order valence-corrected chi connectivity index (χ3v) is 5.39. The Morgan fingerprint density at radius 2 is 1.96 bits per heavy atom. The van der Waals surface area contributed by atoms with E-state index in [1.165, 1.54) is 12.5 Å². The van der Waals surface area contributed by atoms with E-state index in [0.717, 1.165) is 57.7 Å². The van der Waals surface area contributed by atoms with Crippen LogP contribution in [0, 0.1) is 10.1 Å². The Bertz CT molecular complexity index is 624. The van der Waals surface area contributed by atoms with Gasteiger partial charge in [0.05, 0.1) is 29.4 Å². The quantitative estimate of drug-likeness (QED) is 0.662. The molecule has 0 bridgehead atoms. The molecule has 0 radical (unpaired) electrons. The first-order valence-corrected chi connectivity index (χ1v) is 8.73. The third kappa shape index (κ3) is 2.71. The average Bonchev–Trinajstić information content (AvgIpc) is 2.62. The molecule has 2 aliphatic heterocycles. The molecular weight excluding hydrogens is 310 g/mol. The molecule has 0 aromatic heterocycles. The highest BCUT2D eigenvalue weighted by molar-refractivity contribution is 5.64. The Morgan fingerprint density at radius 1 is 1.21 bits per heavy atom. The van der Waals surface area contributed by atoms with E-state index >= 15 is 0 Å². The zero-order valence-electron chi connectivity index (χ0n) is 13.7. The van der Waals surface area contributed by atoms with Crippen LogP contribution in [0.15, 0.2) is 18.2 Å². The van der Waals surface area contributed by atoms with Crippen LogP contribution in [0.2, 0.25) is 0 Å². The summed E-state index contributed by atoms with van der Waals surface area (Å²) < 4.78 is 11.9.